The van der Waals surface area contributed by atoms with Crippen molar-refractivity contribution in [1.29, 1.82) is 0 Å². The SMILES string of the molecule is CN1C2CCC1CC(NC(=O)Nc1ccc(OC(F)(F)F)cc1)C2. The first-order valence-corrected chi connectivity index (χ1v) is 7.95. The molecular formula is C16H20F3N3O2. The number of halogens is 3. The molecule has 5 nitrogen and oxygen atoms in total. The van der Waals surface area contributed by atoms with Gasteiger partial charge in [-0.2, -0.15) is 0 Å². The summed E-state index contributed by atoms with van der Waals surface area (Å²) >= 11 is 0. The highest BCUT2D eigenvalue weighted by Gasteiger charge is 2.38. The van der Waals surface area contributed by atoms with Gasteiger partial charge < -0.3 is 20.3 Å². The van der Waals surface area contributed by atoms with Crippen LogP contribution in [0.25, 0.3) is 0 Å². The topological polar surface area (TPSA) is 53.6 Å². The third kappa shape index (κ3) is 4.11. The Hall–Kier alpha value is -1.96. The second-order valence-corrected chi connectivity index (χ2v) is 6.39. The first-order chi connectivity index (χ1) is 11.3. The van der Waals surface area contributed by atoms with E-state index in [1.807, 2.05) is 0 Å². The second kappa shape index (κ2) is 6.51. The quantitative estimate of drug-likeness (QED) is 0.885. The van der Waals surface area contributed by atoms with Gasteiger partial charge >= 0.3 is 12.4 Å². The number of hydrogen-bond acceptors (Lipinski definition) is 3. The normalized spacial score (nSPS) is 26.9. The lowest BCUT2D eigenvalue weighted by Crippen LogP contribution is -2.49. The van der Waals surface area contributed by atoms with Crippen LogP contribution in [0, 0.1) is 0 Å². The van der Waals surface area contributed by atoms with Crippen molar-refractivity contribution in [2.75, 3.05) is 12.4 Å². The second-order valence-electron chi connectivity index (χ2n) is 6.39. The Bertz CT molecular complexity index is 577. The van der Waals surface area contributed by atoms with E-state index in [-0.39, 0.29) is 17.8 Å². The molecule has 0 radical (unpaired) electrons. The number of carbonyl (C=O) groups excluding carboxylic acids is 1. The van der Waals surface area contributed by atoms with Crippen molar-refractivity contribution in [2.24, 2.45) is 0 Å². The van der Waals surface area contributed by atoms with Crippen molar-refractivity contribution < 1.29 is 22.7 Å². The van der Waals surface area contributed by atoms with E-state index in [9.17, 15) is 18.0 Å². The number of anilines is 1. The number of benzene rings is 1. The zero-order chi connectivity index (χ0) is 17.3. The molecule has 1 aromatic rings. The lowest BCUT2D eigenvalue weighted by Gasteiger charge is -2.36. The number of carbonyl (C=O) groups is 1. The molecule has 2 aliphatic heterocycles. The van der Waals surface area contributed by atoms with Gasteiger partial charge in [0.2, 0.25) is 0 Å². The molecule has 0 aromatic heterocycles. The molecule has 2 N–H and O–H groups in total. The summed E-state index contributed by atoms with van der Waals surface area (Å²) in [6, 6.07) is 5.91. The Morgan fingerprint density at radius 2 is 1.75 bits per heavy atom. The van der Waals surface area contributed by atoms with Gasteiger partial charge in [0, 0.05) is 23.8 Å². The Kier molecular flexibility index (Phi) is 4.58. The average molecular weight is 343 g/mol. The summed E-state index contributed by atoms with van der Waals surface area (Å²) in [6.45, 7) is 0. The van der Waals surface area contributed by atoms with Crippen molar-refractivity contribution in [3.63, 3.8) is 0 Å². The van der Waals surface area contributed by atoms with E-state index in [1.54, 1.807) is 0 Å². The van der Waals surface area contributed by atoms with Gasteiger partial charge in [-0.3, -0.25) is 0 Å². The standard InChI is InChI=1S/C16H20F3N3O2/c1-22-12-4-5-13(22)9-11(8-12)21-15(23)20-10-2-6-14(7-3-10)24-16(17,18)19/h2-3,6-7,11-13H,4-5,8-9H2,1H3,(H2,20,21,23). The lowest BCUT2D eigenvalue weighted by atomic mass is 9.98. The summed E-state index contributed by atoms with van der Waals surface area (Å²) in [5.41, 5.74) is 0.415. The van der Waals surface area contributed by atoms with Gasteiger partial charge in [-0.05, 0) is 57.0 Å². The van der Waals surface area contributed by atoms with Gasteiger partial charge in [0.15, 0.2) is 0 Å². The molecule has 2 unspecified atom stereocenters. The zero-order valence-corrected chi connectivity index (χ0v) is 13.3. The van der Waals surface area contributed by atoms with Crippen LogP contribution in [0.3, 0.4) is 0 Å². The monoisotopic (exact) mass is 343 g/mol. The summed E-state index contributed by atoms with van der Waals surface area (Å²) in [4.78, 5) is 14.4. The molecular weight excluding hydrogens is 323 g/mol. The molecule has 0 aliphatic carbocycles. The van der Waals surface area contributed by atoms with Crippen LogP contribution in [-0.2, 0) is 0 Å². The first-order valence-electron chi connectivity index (χ1n) is 7.95. The van der Waals surface area contributed by atoms with Crippen molar-refractivity contribution in [2.45, 2.75) is 50.2 Å². The molecule has 8 heteroatoms. The van der Waals surface area contributed by atoms with E-state index in [0.29, 0.717) is 17.8 Å². The number of nitrogens with zero attached hydrogens (tertiary/aromatic N) is 1. The number of amides is 2. The summed E-state index contributed by atoms with van der Waals surface area (Å²) in [7, 11) is 2.13. The number of piperidine rings is 1. The molecule has 1 aromatic carbocycles. The lowest BCUT2D eigenvalue weighted by molar-refractivity contribution is -0.274. The van der Waals surface area contributed by atoms with E-state index in [2.05, 4.69) is 27.3 Å². The van der Waals surface area contributed by atoms with Crippen molar-refractivity contribution in [3.8, 4) is 5.75 Å². The molecule has 0 saturated carbocycles. The predicted molar refractivity (Wildman–Crippen MR) is 82.9 cm³/mol. The molecule has 132 valence electrons. The van der Waals surface area contributed by atoms with Gasteiger partial charge in [-0.15, -0.1) is 13.2 Å². The number of ether oxygens (including phenoxy) is 1. The van der Waals surface area contributed by atoms with E-state index >= 15 is 0 Å². The Morgan fingerprint density at radius 3 is 2.29 bits per heavy atom. The first kappa shape index (κ1) is 16.9. The minimum atomic E-state index is -4.72. The highest BCUT2D eigenvalue weighted by molar-refractivity contribution is 5.89. The van der Waals surface area contributed by atoms with Gasteiger partial charge in [0.1, 0.15) is 5.75 Å². The fraction of sp³-hybridized carbons (Fsp3) is 0.562. The number of rotatable bonds is 3. The van der Waals surface area contributed by atoms with E-state index in [4.69, 9.17) is 0 Å². The maximum absolute atomic E-state index is 12.1. The van der Waals surface area contributed by atoms with Crippen LogP contribution in [0.4, 0.5) is 23.7 Å². The third-order valence-corrected chi connectivity index (χ3v) is 4.78. The largest absolute Gasteiger partial charge is 0.573 e. The van der Waals surface area contributed by atoms with E-state index in [0.717, 1.165) is 12.8 Å². The molecule has 0 spiro atoms. The molecule has 2 amide bonds. The summed E-state index contributed by atoms with van der Waals surface area (Å²) in [5.74, 6) is -0.319. The number of alkyl halides is 3. The highest BCUT2D eigenvalue weighted by Crippen LogP contribution is 2.34. The van der Waals surface area contributed by atoms with Crippen LogP contribution in [-0.4, -0.2) is 42.5 Å². The van der Waals surface area contributed by atoms with Crippen molar-refractivity contribution >= 4 is 11.7 Å². The smallest absolute Gasteiger partial charge is 0.406 e. The van der Waals surface area contributed by atoms with Crippen LogP contribution in [0.5, 0.6) is 5.75 Å². The fourth-order valence-corrected chi connectivity index (χ4v) is 3.62. The van der Waals surface area contributed by atoms with Crippen LogP contribution >= 0.6 is 0 Å². The number of urea groups is 1. The van der Waals surface area contributed by atoms with E-state index in [1.165, 1.54) is 37.1 Å². The maximum atomic E-state index is 12.1. The summed E-state index contributed by atoms with van der Waals surface area (Å²) < 4.78 is 40.1. The Labute approximate surface area is 138 Å². The fourth-order valence-electron chi connectivity index (χ4n) is 3.62. The maximum Gasteiger partial charge on any atom is 0.573 e. The van der Waals surface area contributed by atoms with Gasteiger partial charge in [-0.25, -0.2) is 4.79 Å². The molecule has 2 fully saturated rings. The molecule has 2 atom stereocenters. The highest BCUT2D eigenvalue weighted by atomic mass is 19.4. The molecule has 2 bridgehead atoms. The molecule has 24 heavy (non-hydrogen) atoms. The molecule has 2 heterocycles. The Balaban J connectivity index is 1.50. The predicted octanol–water partition coefficient (Wildman–Crippen LogP) is 3.33. The van der Waals surface area contributed by atoms with Crippen LogP contribution < -0.4 is 15.4 Å². The van der Waals surface area contributed by atoms with Crippen molar-refractivity contribution in [1.82, 2.24) is 10.2 Å². The molecule has 2 saturated heterocycles. The minimum absolute atomic E-state index is 0.131. The Morgan fingerprint density at radius 1 is 1.17 bits per heavy atom. The van der Waals surface area contributed by atoms with Gasteiger partial charge in [-0.1, -0.05) is 0 Å². The molecule has 3 rings (SSSR count). The zero-order valence-electron chi connectivity index (χ0n) is 13.3. The molecule has 2 aliphatic rings. The van der Waals surface area contributed by atoms with Gasteiger partial charge in [0.25, 0.3) is 0 Å². The van der Waals surface area contributed by atoms with Crippen LogP contribution in [0.1, 0.15) is 25.7 Å². The number of hydrogen-bond donors (Lipinski definition) is 2. The number of fused-ring (bicyclic) bond motifs is 2. The number of nitrogens with one attached hydrogen (secondary N) is 2. The third-order valence-electron chi connectivity index (χ3n) is 4.78. The van der Waals surface area contributed by atoms with Gasteiger partial charge in [0.05, 0.1) is 0 Å². The average Bonchev–Trinajstić information content (AvgIpc) is 2.70. The minimum Gasteiger partial charge on any atom is -0.406 e. The van der Waals surface area contributed by atoms with E-state index < -0.39 is 6.36 Å². The summed E-state index contributed by atoms with van der Waals surface area (Å²) in [5, 5.41) is 5.59. The van der Waals surface area contributed by atoms with Crippen LogP contribution in [0.15, 0.2) is 24.3 Å². The van der Waals surface area contributed by atoms with Crippen molar-refractivity contribution in [3.05, 3.63) is 24.3 Å². The summed E-state index contributed by atoms with van der Waals surface area (Å²) in [6.07, 6.45) is -0.527. The van der Waals surface area contributed by atoms with Crippen LogP contribution in [0.2, 0.25) is 0 Å².